The molecule has 2 heterocycles. The first-order valence-electron chi connectivity index (χ1n) is 8.23. The summed E-state index contributed by atoms with van der Waals surface area (Å²) in [5, 5.41) is 3.24. The minimum absolute atomic E-state index is 0.0880. The molecule has 1 aromatic carbocycles. The second-order valence-electron chi connectivity index (χ2n) is 6.87. The van der Waals surface area contributed by atoms with Crippen LogP contribution < -0.4 is 5.32 Å². The van der Waals surface area contributed by atoms with Gasteiger partial charge in [0.15, 0.2) is 0 Å². The monoisotopic (exact) mass is 286 g/mol. The molecule has 1 amide bonds. The number of nitrogens with zero attached hydrogens (tertiary/aromatic N) is 1. The van der Waals surface area contributed by atoms with Crippen LogP contribution in [0, 0.1) is 5.92 Å². The van der Waals surface area contributed by atoms with E-state index in [4.69, 9.17) is 0 Å². The molecule has 3 nitrogen and oxygen atoms in total. The lowest BCUT2D eigenvalue weighted by Crippen LogP contribution is -2.50. The van der Waals surface area contributed by atoms with E-state index in [0.29, 0.717) is 18.1 Å². The van der Waals surface area contributed by atoms with Crippen LogP contribution in [0.2, 0.25) is 0 Å². The average molecular weight is 286 g/mol. The molecule has 0 aromatic heterocycles. The smallest absolute Gasteiger partial charge is 0.222 e. The van der Waals surface area contributed by atoms with Gasteiger partial charge >= 0.3 is 0 Å². The maximum atomic E-state index is 11.9. The largest absolute Gasteiger partial charge is 0.353 e. The number of fused-ring (bicyclic) bond motifs is 2. The number of rotatable bonds is 4. The van der Waals surface area contributed by atoms with Gasteiger partial charge in [-0.25, -0.2) is 0 Å². The van der Waals surface area contributed by atoms with Crippen molar-refractivity contribution < 1.29 is 4.79 Å². The van der Waals surface area contributed by atoms with Crippen LogP contribution in [0.5, 0.6) is 0 Å². The Balaban J connectivity index is 1.61. The molecule has 2 aliphatic rings. The molecule has 3 heteroatoms. The highest BCUT2D eigenvalue weighted by Crippen LogP contribution is 2.36. The van der Waals surface area contributed by atoms with Gasteiger partial charge in [-0.1, -0.05) is 44.2 Å². The van der Waals surface area contributed by atoms with E-state index in [1.807, 2.05) is 13.8 Å². The van der Waals surface area contributed by atoms with Crippen molar-refractivity contribution >= 4 is 5.91 Å². The zero-order valence-corrected chi connectivity index (χ0v) is 13.1. The van der Waals surface area contributed by atoms with Crippen LogP contribution in [0.25, 0.3) is 0 Å². The van der Waals surface area contributed by atoms with Crippen molar-refractivity contribution in [1.29, 1.82) is 0 Å². The van der Waals surface area contributed by atoms with Crippen LogP contribution in [-0.2, 0) is 11.3 Å². The maximum Gasteiger partial charge on any atom is 0.222 e. The van der Waals surface area contributed by atoms with Gasteiger partial charge in [0.25, 0.3) is 0 Å². The van der Waals surface area contributed by atoms with E-state index in [1.54, 1.807) is 0 Å². The quantitative estimate of drug-likeness (QED) is 0.923. The van der Waals surface area contributed by atoms with E-state index >= 15 is 0 Å². The van der Waals surface area contributed by atoms with E-state index in [-0.39, 0.29) is 11.8 Å². The van der Waals surface area contributed by atoms with Crippen molar-refractivity contribution in [2.75, 3.05) is 0 Å². The van der Waals surface area contributed by atoms with E-state index < -0.39 is 0 Å². The third-order valence-corrected chi connectivity index (χ3v) is 4.96. The van der Waals surface area contributed by atoms with Crippen LogP contribution in [-0.4, -0.2) is 28.9 Å². The molecule has 2 bridgehead atoms. The molecule has 1 N–H and O–H groups in total. The zero-order valence-electron chi connectivity index (χ0n) is 13.1. The molecule has 2 aliphatic heterocycles. The third-order valence-electron chi connectivity index (χ3n) is 4.96. The van der Waals surface area contributed by atoms with Gasteiger partial charge in [-0.05, 0) is 31.2 Å². The standard InChI is InChI=1S/C18H26N2O/c1-13(2)18(21)19-15-10-16-8-9-17(11-15)20(16)12-14-6-4-3-5-7-14/h3-7,13,15-17H,8-12H2,1-2H3,(H,19,21). The molecule has 21 heavy (non-hydrogen) atoms. The first-order valence-corrected chi connectivity index (χ1v) is 8.23. The van der Waals surface area contributed by atoms with Crippen molar-refractivity contribution in [3.05, 3.63) is 35.9 Å². The summed E-state index contributed by atoms with van der Waals surface area (Å²) in [5.74, 6) is 0.293. The van der Waals surface area contributed by atoms with Crippen LogP contribution in [0.4, 0.5) is 0 Å². The Kier molecular flexibility index (Phi) is 4.29. The van der Waals surface area contributed by atoms with Gasteiger partial charge in [0.05, 0.1) is 0 Å². The summed E-state index contributed by atoms with van der Waals surface area (Å²) in [4.78, 5) is 14.6. The fourth-order valence-corrected chi connectivity index (χ4v) is 3.81. The summed E-state index contributed by atoms with van der Waals surface area (Å²) < 4.78 is 0. The van der Waals surface area contributed by atoms with Gasteiger partial charge in [0.1, 0.15) is 0 Å². The normalized spacial score (nSPS) is 28.8. The number of nitrogens with one attached hydrogen (secondary N) is 1. The predicted octanol–water partition coefficient (Wildman–Crippen LogP) is 2.95. The Morgan fingerprint density at radius 2 is 1.81 bits per heavy atom. The fourth-order valence-electron chi connectivity index (χ4n) is 3.81. The van der Waals surface area contributed by atoms with Gasteiger partial charge in [0.2, 0.25) is 5.91 Å². The molecule has 2 saturated heterocycles. The second-order valence-corrected chi connectivity index (χ2v) is 6.87. The lowest BCUT2D eigenvalue weighted by Gasteiger charge is -2.39. The molecule has 0 radical (unpaired) electrons. The minimum Gasteiger partial charge on any atom is -0.353 e. The highest BCUT2D eigenvalue weighted by atomic mass is 16.1. The Bertz CT molecular complexity index is 471. The Hall–Kier alpha value is -1.35. The van der Waals surface area contributed by atoms with Gasteiger partial charge in [0, 0.05) is 30.6 Å². The third kappa shape index (κ3) is 3.29. The van der Waals surface area contributed by atoms with E-state index in [1.165, 1.54) is 18.4 Å². The van der Waals surface area contributed by atoms with Crippen LogP contribution in [0.1, 0.15) is 45.1 Å². The van der Waals surface area contributed by atoms with Crippen molar-refractivity contribution in [1.82, 2.24) is 10.2 Å². The molecule has 2 fully saturated rings. The molecule has 2 unspecified atom stereocenters. The lowest BCUT2D eigenvalue weighted by atomic mass is 9.96. The van der Waals surface area contributed by atoms with E-state index in [0.717, 1.165) is 19.4 Å². The summed E-state index contributed by atoms with van der Waals surface area (Å²) in [6.45, 7) is 4.99. The Morgan fingerprint density at radius 3 is 2.38 bits per heavy atom. The van der Waals surface area contributed by atoms with Crippen molar-refractivity contribution in [3.8, 4) is 0 Å². The molecular weight excluding hydrogens is 260 g/mol. The molecule has 0 saturated carbocycles. The SMILES string of the molecule is CC(C)C(=O)NC1CC2CCC(C1)N2Cc1ccccc1. The van der Waals surface area contributed by atoms with Crippen molar-refractivity contribution in [3.63, 3.8) is 0 Å². The van der Waals surface area contributed by atoms with E-state index in [9.17, 15) is 4.79 Å². The maximum absolute atomic E-state index is 11.9. The summed E-state index contributed by atoms with van der Waals surface area (Å²) in [6, 6.07) is 12.4. The molecule has 0 aliphatic carbocycles. The zero-order chi connectivity index (χ0) is 14.8. The molecular formula is C18H26N2O. The van der Waals surface area contributed by atoms with Crippen molar-refractivity contribution in [2.45, 2.75) is 64.2 Å². The number of hydrogen-bond donors (Lipinski definition) is 1. The lowest BCUT2D eigenvalue weighted by molar-refractivity contribution is -0.125. The number of carbonyl (C=O) groups is 1. The highest BCUT2D eigenvalue weighted by molar-refractivity contribution is 5.78. The summed E-state index contributed by atoms with van der Waals surface area (Å²) >= 11 is 0. The number of benzene rings is 1. The molecule has 3 rings (SSSR count). The molecule has 114 valence electrons. The molecule has 0 spiro atoms. The van der Waals surface area contributed by atoms with Gasteiger partial charge in [-0.3, -0.25) is 9.69 Å². The second kappa shape index (κ2) is 6.18. The van der Waals surface area contributed by atoms with Crippen LogP contribution >= 0.6 is 0 Å². The number of carbonyl (C=O) groups excluding carboxylic acids is 1. The van der Waals surface area contributed by atoms with Gasteiger partial charge in [-0.15, -0.1) is 0 Å². The summed E-state index contributed by atoms with van der Waals surface area (Å²) in [6.07, 6.45) is 4.79. The summed E-state index contributed by atoms with van der Waals surface area (Å²) in [5.41, 5.74) is 1.40. The number of hydrogen-bond acceptors (Lipinski definition) is 2. The fraction of sp³-hybridized carbons (Fsp3) is 0.611. The first kappa shape index (κ1) is 14.6. The Labute approximate surface area is 127 Å². The minimum atomic E-state index is 0.0880. The van der Waals surface area contributed by atoms with Crippen LogP contribution in [0.3, 0.4) is 0 Å². The topological polar surface area (TPSA) is 32.3 Å². The number of piperidine rings is 1. The van der Waals surface area contributed by atoms with Gasteiger partial charge < -0.3 is 5.32 Å². The van der Waals surface area contributed by atoms with Crippen molar-refractivity contribution in [2.24, 2.45) is 5.92 Å². The van der Waals surface area contributed by atoms with E-state index in [2.05, 4.69) is 40.5 Å². The average Bonchev–Trinajstić information content (AvgIpc) is 2.71. The summed E-state index contributed by atoms with van der Waals surface area (Å²) in [7, 11) is 0. The predicted molar refractivity (Wildman–Crippen MR) is 84.8 cm³/mol. The molecule has 2 atom stereocenters. The number of amides is 1. The Morgan fingerprint density at radius 1 is 1.19 bits per heavy atom. The first-order chi connectivity index (χ1) is 10.1. The molecule has 1 aromatic rings. The van der Waals surface area contributed by atoms with Crippen LogP contribution in [0.15, 0.2) is 30.3 Å². The van der Waals surface area contributed by atoms with Gasteiger partial charge in [-0.2, -0.15) is 0 Å². The highest BCUT2D eigenvalue weighted by Gasteiger charge is 2.40.